The standard InChI is InChI=1S/C5H13ClN.ClH/c1-4-7(3,6)5-2;/h4-5H2,1-3H3;1H/q+1;/p-1. The maximum absolute atomic E-state index is 5.84. The highest BCUT2D eigenvalue weighted by Gasteiger charge is 2.10. The fourth-order valence-corrected chi connectivity index (χ4v) is 0.224. The number of hydrogen-bond acceptors (Lipinski definition) is 0. The molecule has 8 heavy (non-hydrogen) atoms. The van der Waals surface area contributed by atoms with Crippen LogP contribution < -0.4 is 12.4 Å². The SMILES string of the molecule is CC[N+](C)(Cl)CC.[Cl-]. The van der Waals surface area contributed by atoms with Crippen molar-refractivity contribution in [1.29, 1.82) is 0 Å². The van der Waals surface area contributed by atoms with Crippen LogP contribution in [0.5, 0.6) is 0 Å². The Bertz CT molecular complexity index is 48.4. The molecule has 0 amide bonds. The maximum atomic E-state index is 5.84. The van der Waals surface area contributed by atoms with Crippen LogP contribution in [-0.2, 0) is 0 Å². The molecule has 0 heterocycles. The van der Waals surface area contributed by atoms with Crippen molar-refractivity contribution in [3.8, 4) is 0 Å². The number of rotatable bonds is 2. The molecule has 0 N–H and O–H groups in total. The lowest BCUT2D eigenvalue weighted by atomic mass is 10.6. The molecule has 0 bridgehead atoms. The van der Waals surface area contributed by atoms with Crippen LogP contribution in [-0.4, -0.2) is 24.1 Å². The minimum Gasteiger partial charge on any atom is -1.00 e. The van der Waals surface area contributed by atoms with E-state index in [1.54, 1.807) is 0 Å². The van der Waals surface area contributed by atoms with E-state index in [0.717, 1.165) is 13.1 Å². The van der Waals surface area contributed by atoms with Crippen LogP contribution in [0.15, 0.2) is 0 Å². The first-order chi connectivity index (χ1) is 3.12. The minimum atomic E-state index is 0. The van der Waals surface area contributed by atoms with E-state index < -0.39 is 0 Å². The van der Waals surface area contributed by atoms with Gasteiger partial charge in [-0.3, -0.25) is 0 Å². The molecule has 0 fully saturated rings. The topological polar surface area (TPSA) is 0 Å². The fraction of sp³-hybridized carbons (Fsp3) is 1.00. The number of hydrogen-bond donors (Lipinski definition) is 0. The van der Waals surface area contributed by atoms with E-state index in [0.29, 0.717) is 4.00 Å². The second-order valence-electron chi connectivity index (χ2n) is 1.90. The molecular weight excluding hydrogens is 145 g/mol. The normalized spacial score (nSPS) is 10.5. The Kier molecular flexibility index (Phi) is 6.27. The van der Waals surface area contributed by atoms with Crippen LogP contribution in [0.1, 0.15) is 13.8 Å². The molecule has 3 heteroatoms. The van der Waals surface area contributed by atoms with Gasteiger partial charge in [0.2, 0.25) is 0 Å². The molecule has 0 radical (unpaired) electrons. The van der Waals surface area contributed by atoms with E-state index in [4.69, 9.17) is 11.8 Å². The second kappa shape index (κ2) is 4.42. The van der Waals surface area contributed by atoms with Gasteiger partial charge in [-0.25, -0.2) is 4.00 Å². The summed E-state index contributed by atoms with van der Waals surface area (Å²) in [6.45, 7) is 6.16. The summed E-state index contributed by atoms with van der Waals surface area (Å²) in [4.78, 5) is 0. The molecule has 0 aromatic carbocycles. The zero-order valence-corrected chi connectivity index (χ0v) is 7.13. The first-order valence-electron chi connectivity index (χ1n) is 2.66. The van der Waals surface area contributed by atoms with Crippen LogP contribution in [0.4, 0.5) is 0 Å². The number of halogens is 2. The molecule has 0 aliphatic heterocycles. The smallest absolute Gasteiger partial charge is 0.165 e. The van der Waals surface area contributed by atoms with Gasteiger partial charge in [-0.15, -0.1) is 0 Å². The van der Waals surface area contributed by atoms with Crippen LogP contribution in [0.2, 0.25) is 0 Å². The van der Waals surface area contributed by atoms with Gasteiger partial charge in [-0.2, -0.15) is 0 Å². The molecule has 0 saturated carbocycles. The van der Waals surface area contributed by atoms with Gasteiger partial charge in [0.15, 0.2) is 11.8 Å². The van der Waals surface area contributed by atoms with Crippen LogP contribution in [0.3, 0.4) is 0 Å². The van der Waals surface area contributed by atoms with Gasteiger partial charge < -0.3 is 12.4 Å². The molecule has 0 spiro atoms. The highest BCUT2D eigenvalue weighted by Crippen LogP contribution is 2.03. The third-order valence-electron chi connectivity index (χ3n) is 1.32. The Balaban J connectivity index is 0. The molecule has 0 rings (SSSR count). The quantitative estimate of drug-likeness (QED) is 0.435. The summed E-state index contributed by atoms with van der Waals surface area (Å²) >= 11 is 5.84. The van der Waals surface area contributed by atoms with Gasteiger partial charge in [0.05, 0.1) is 20.1 Å². The van der Waals surface area contributed by atoms with E-state index in [-0.39, 0.29) is 12.4 Å². The molecule has 0 atom stereocenters. The first kappa shape index (κ1) is 11.4. The van der Waals surface area contributed by atoms with Crippen LogP contribution in [0.25, 0.3) is 0 Å². The van der Waals surface area contributed by atoms with Crippen molar-refractivity contribution in [2.45, 2.75) is 13.8 Å². The van der Waals surface area contributed by atoms with E-state index in [1.165, 1.54) is 0 Å². The summed E-state index contributed by atoms with van der Waals surface area (Å²) in [7, 11) is 2.00. The summed E-state index contributed by atoms with van der Waals surface area (Å²) in [5, 5.41) is 0. The van der Waals surface area contributed by atoms with Gasteiger partial charge in [-0.05, 0) is 13.8 Å². The Labute approximate surface area is 62.7 Å². The lowest BCUT2D eigenvalue weighted by molar-refractivity contribution is -0.789. The van der Waals surface area contributed by atoms with Gasteiger partial charge in [0.25, 0.3) is 0 Å². The summed E-state index contributed by atoms with van der Waals surface area (Å²) in [6, 6.07) is 0. The average Bonchev–Trinajstić information content (AvgIpc) is 1.68. The Morgan fingerprint density at radius 3 is 1.50 bits per heavy atom. The van der Waals surface area contributed by atoms with Crippen molar-refractivity contribution in [2.75, 3.05) is 20.1 Å². The van der Waals surface area contributed by atoms with Crippen molar-refractivity contribution >= 4 is 11.8 Å². The molecule has 0 unspecified atom stereocenters. The minimum absolute atomic E-state index is 0. The summed E-state index contributed by atoms with van der Waals surface area (Å²) < 4.78 is 0.611. The predicted molar refractivity (Wildman–Crippen MR) is 33.1 cm³/mol. The van der Waals surface area contributed by atoms with Gasteiger partial charge in [0.1, 0.15) is 0 Å². The lowest BCUT2D eigenvalue weighted by Gasteiger charge is -2.19. The summed E-state index contributed by atoms with van der Waals surface area (Å²) in [6.07, 6.45) is 0. The second-order valence-corrected chi connectivity index (χ2v) is 2.71. The van der Waals surface area contributed by atoms with Crippen molar-refractivity contribution < 1.29 is 16.4 Å². The van der Waals surface area contributed by atoms with Gasteiger partial charge in [0, 0.05) is 0 Å². The molecule has 52 valence electrons. The van der Waals surface area contributed by atoms with Crippen LogP contribution in [0, 0.1) is 0 Å². The molecule has 1 nitrogen and oxygen atoms in total. The summed E-state index contributed by atoms with van der Waals surface area (Å²) in [5.41, 5.74) is 0. The average molecular weight is 158 g/mol. The van der Waals surface area contributed by atoms with E-state index >= 15 is 0 Å². The fourth-order valence-electron chi connectivity index (χ4n) is 0.224. The van der Waals surface area contributed by atoms with Crippen molar-refractivity contribution in [2.24, 2.45) is 0 Å². The monoisotopic (exact) mass is 157 g/mol. The molecule has 0 aromatic rings. The largest absolute Gasteiger partial charge is 1.00 e. The molecule has 0 aromatic heterocycles. The van der Waals surface area contributed by atoms with Crippen molar-refractivity contribution in [3.63, 3.8) is 0 Å². The maximum Gasteiger partial charge on any atom is 0.165 e. The molecule has 0 aliphatic rings. The molecule has 0 saturated heterocycles. The zero-order chi connectivity index (χ0) is 5.91. The zero-order valence-electron chi connectivity index (χ0n) is 5.62. The van der Waals surface area contributed by atoms with E-state index in [9.17, 15) is 0 Å². The van der Waals surface area contributed by atoms with Crippen LogP contribution >= 0.6 is 11.8 Å². The summed E-state index contributed by atoms with van der Waals surface area (Å²) in [5.74, 6) is 0. The first-order valence-corrected chi connectivity index (χ1v) is 3.00. The van der Waals surface area contributed by atoms with Crippen molar-refractivity contribution in [3.05, 3.63) is 0 Å². The highest BCUT2D eigenvalue weighted by atomic mass is 35.5. The van der Waals surface area contributed by atoms with E-state index in [1.807, 2.05) is 7.05 Å². The lowest BCUT2D eigenvalue weighted by Crippen LogP contribution is -3.00. The van der Waals surface area contributed by atoms with Gasteiger partial charge in [-0.1, -0.05) is 0 Å². The number of nitrogens with zero attached hydrogens (tertiary/aromatic N) is 1. The van der Waals surface area contributed by atoms with E-state index in [2.05, 4.69) is 13.8 Å². The third kappa shape index (κ3) is 4.69. The number of quaternary nitrogens is 1. The molecule has 0 aliphatic carbocycles. The Morgan fingerprint density at radius 1 is 1.25 bits per heavy atom. The molecular formula is C5H13Cl2N. The highest BCUT2D eigenvalue weighted by molar-refractivity contribution is 6.06. The van der Waals surface area contributed by atoms with Gasteiger partial charge >= 0.3 is 0 Å². The van der Waals surface area contributed by atoms with Crippen molar-refractivity contribution in [1.82, 2.24) is 0 Å². The Morgan fingerprint density at radius 2 is 1.50 bits per heavy atom. The third-order valence-corrected chi connectivity index (χ3v) is 1.80. The predicted octanol–water partition coefficient (Wildman–Crippen LogP) is -1.37. The Hall–Kier alpha value is 0.540.